The van der Waals surface area contributed by atoms with Crippen LogP contribution in [0.2, 0.25) is 0 Å². The first kappa shape index (κ1) is 30.9. The molecule has 44 heavy (non-hydrogen) atoms. The number of rotatable bonds is 7. The number of aromatic nitrogens is 3. The number of aryl methyl sites for hydroxylation is 1. The van der Waals surface area contributed by atoms with Gasteiger partial charge in [-0.1, -0.05) is 62.0 Å². The maximum atomic E-state index is 15.0. The molecular formula is C31H28F4N6O2S. The van der Waals surface area contributed by atoms with Crippen LogP contribution >= 0.6 is 11.8 Å². The van der Waals surface area contributed by atoms with Crippen molar-refractivity contribution in [3.8, 4) is 22.8 Å². The van der Waals surface area contributed by atoms with Crippen LogP contribution in [-0.2, 0) is 0 Å². The first-order valence-electron chi connectivity index (χ1n) is 13.7. The van der Waals surface area contributed by atoms with Gasteiger partial charge in [0.05, 0.1) is 5.69 Å². The van der Waals surface area contributed by atoms with Gasteiger partial charge in [0, 0.05) is 29.8 Å². The van der Waals surface area contributed by atoms with E-state index in [1.807, 2.05) is 17.0 Å². The number of halogens is 4. The minimum Gasteiger partial charge on any atom is -0.406 e. The van der Waals surface area contributed by atoms with Crippen molar-refractivity contribution < 1.29 is 27.1 Å². The van der Waals surface area contributed by atoms with E-state index in [1.165, 1.54) is 70.3 Å². The zero-order valence-electron chi connectivity index (χ0n) is 24.0. The quantitative estimate of drug-likeness (QED) is 0.153. The minimum absolute atomic E-state index is 0.274. The van der Waals surface area contributed by atoms with Crippen molar-refractivity contribution in [3.63, 3.8) is 0 Å². The van der Waals surface area contributed by atoms with Crippen LogP contribution in [-0.4, -0.2) is 50.8 Å². The van der Waals surface area contributed by atoms with Gasteiger partial charge in [-0.25, -0.2) is 23.8 Å². The summed E-state index contributed by atoms with van der Waals surface area (Å²) in [6.45, 7) is 7.02. The van der Waals surface area contributed by atoms with E-state index in [-0.39, 0.29) is 11.3 Å². The molecule has 2 heterocycles. The lowest BCUT2D eigenvalue weighted by Crippen LogP contribution is -2.26. The number of nitrogens with zero attached hydrogens (tertiary/aromatic N) is 6. The van der Waals surface area contributed by atoms with Crippen LogP contribution in [0.5, 0.6) is 5.75 Å². The first-order chi connectivity index (χ1) is 21.0. The number of urea groups is 1. The zero-order valence-corrected chi connectivity index (χ0v) is 24.8. The van der Waals surface area contributed by atoms with Crippen molar-refractivity contribution in [2.75, 3.05) is 17.2 Å². The highest BCUT2D eigenvalue weighted by atomic mass is 32.2. The summed E-state index contributed by atoms with van der Waals surface area (Å²) in [4.78, 5) is 26.7. The number of amidine groups is 1. The van der Waals surface area contributed by atoms with Crippen LogP contribution in [0.1, 0.15) is 42.6 Å². The standard InChI is InChI=1S/C31H28F4N6O2S/c1-19(2)27-20(3)5-4-6-26(27)40-15-16-44-30(40)38-29(42)36-17-25(32)21-7-9-22(10-8-21)28-37-18-41(39-28)23-11-13-24(14-12-23)43-31(33,34)35/h4-14,17-19,25H,15-16H2,1-3H3. The molecule has 2 amide bonds. The molecule has 0 aliphatic carbocycles. The van der Waals surface area contributed by atoms with Gasteiger partial charge in [0.15, 0.2) is 17.2 Å². The van der Waals surface area contributed by atoms with Crippen LogP contribution in [0.25, 0.3) is 17.1 Å². The predicted octanol–water partition coefficient (Wildman–Crippen LogP) is 8.08. The molecule has 1 saturated heterocycles. The molecule has 0 spiro atoms. The molecular weight excluding hydrogens is 596 g/mol. The summed E-state index contributed by atoms with van der Waals surface area (Å²) >= 11 is 1.46. The Bertz CT molecular complexity index is 1680. The van der Waals surface area contributed by atoms with Crippen LogP contribution in [0.3, 0.4) is 0 Å². The summed E-state index contributed by atoms with van der Waals surface area (Å²) in [5.74, 6) is 1.04. The molecule has 3 aromatic carbocycles. The van der Waals surface area contributed by atoms with Gasteiger partial charge in [-0.3, -0.25) is 0 Å². The number of benzene rings is 3. The molecule has 0 bridgehead atoms. The predicted molar refractivity (Wildman–Crippen MR) is 164 cm³/mol. The second kappa shape index (κ2) is 13.0. The largest absolute Gasteiger partial charge is 0.573 e. The average molecular weight is 625 g/mol. The second-order valence-corrected chi connectivity index (χ2v) is 11.3. The highest BCUT2D eigenvalue weighted by Gasteiger charge is 2.31. The molecule has 1 aliphatic heterocycles. The van der Waals surface area contributed by atoms with Gasteiger partial charge in [-0.15, -0.1) is 18.3 Å². The van der Waals surface area contributed by atoms with Gasteiger partial charge in [0.1, 0.15) is 12.1 Å². The highest BCUT2D eigenvalue weighted by Crippen LogP contribution is 2.35. The number of ether oxygens (including phenoxy) is 1. The minimum atomic E-state index is -4.78. The van der Waals surface area contributed by atoms with Crippen molar-refractivity contribution in [3.05, 3.63) is 89.7 Å². The molecule has 0 saturated carbocycles. The Labute approximate surface area is 255 Å². The lowest BCUT2D eigenvalue weighted by Gasteiger charge is -2.24. The molecule has 5 rings (SSSR count). The molecule has 1 fully saturated rings. The van der Waals surface area contributed by atoms with E-state index in [2.05, 4.69) is 51.6 Å². The number of anilines is 1. The third-order valence-electron chi connectivity index (χ3n) is 6.77. The molecule has 1 aliphatic rings. The Kier molecular flexibility index (Phi) is 9.14. The Morgan fingerprint density at radius 2 is 1.80 bits per heavy atom. The molecule has 228 valence electrons. The van der Waals surface area contributed by atoms with Crippen LogP contribution < -0.4 is 9.64 Å². The maximum Gasteiger partial charge on any atom is 0.573 e. The summed E-state index contributed by atoms with van der Waals surface area (Å²) < 4.78 is 57.4. The van der Waals surface area contributed by atoms with Gasteiger partial charge in [-0.05, 0) is 59.9 Å². The van der Waals surface area contributed by atoms with E-state index in [4.69, 9.17) is 0 Å². The summed E-state index contributed by atoms with van der Waals surface area (Å²) in [6.07, 6.45) is -4.09. The lowest BCUT2D eigenvalue weighted by molar-refractivity contribution is -0.274. The average Bonchev–Trinajstić information content (AvgIpc) is 3.66. The van der Waals surface area contributed by atoms with Crippen molar-refractivity contribution in [1.29, 1.82) is 0 Å². The number of thioether (sulfide) groups is 1. The number of amides is 2. The number of aliphatic imine (C=N–C) groups is 2. The van der Waals surface area contributed by atoms with E-state index >= 15 is 0 Å². The number of carbonyl (C=O) groups excluding carboxylic acids is 1. The first-order valence-corrected chi connectivity index (χ1v) is 14.7. The highest BCUT2D eigenvalue weighted by molar-refractivity contribution is 8.14. The second-order valence-electron chi connectivity index (χ2n) is 10.2. The van der Waals surface area contributed by atoms with Crippen molar-refractivity contribution >= 4 is 34.9 Å². The van der Waals surface area contributed by atoms with E-state index in [0.717, 1.165) is 17.7 Å². The van der Waals surface area contributed by atoms with Gasteiger partial charge >= 0.3 is 12.4 Å². The lowest BCUT2D eigenvalue weighted by atomic mass is 9.95. The Hall–Kier alpha value is -4.52. The third kappa shape index (κ3) is 7.33. The van der Waals surface area contributed by atoms with Crippen LogP contribution in [0, 0.1) is 6.92 Å². The molecule has 1 aromatic heterocycles. The van der Waals surface area contributed by atoms with Gasteiger partial charge < -0.3 is 9.64 Å². The van der Waals surface area contributed by atoms with Crippen LogP contribution in [0.15, 0.2) is 83.0 Å². The molecule has 0 N–H and O–H groups in total. The van der Waals surface area contributed by atoms with E-state index in [9.17, 15) is 22.4 Å². The van der Waals surface area contributed by atoms with Crippen molar-refractivity contribution in [1.82, 2.24) is 14.8 Å². The number of hydrogen-bond acceptors (Lipinski definition) is 5. The molecule has 1 atom stereocenters. The maximum absolute atomic E-state index is 15.0. The van der Waals surface area contributed by atoms with Gasteiger partial charge in [-0.2, -0.15) is 4.99 Å². The molecule has 4 aromatic rings. The van der Waals surface area contributed by atoms with Crippen LogP contribution in [0.4, 0.5) is 28.0 Å². The zero-order chi connectivity index (χ0) is 31.4. The fourth-order valence-corrected chi connectivity index (χ4v) is 5.78. The SMILES string of the molecule is Cc1cccc(N2CCSC2=NC(=O)N=CC(F)c2ccc(-c3ncn(-c4ccc(OC(F)(F)F)cc4)n3)cc2)c1C(C)C. The molecule has 0 radical (unpaired) electrons. The monoisotopic (exact) mass is 624 g/mol. The third-order valence-corrected chi connectivity index (χ3v) is 7.72. The molecule has 8 nitrogen and oxygen atoms in total. The molecule has 1 unspecified atom stereocenters. The summed E-state index contributed by atoms with van der Waals surface area (Å²) in [6, 6.07) is 16.8. The topological polar surface area (TPSA) is 85.0 Å². The number of carbonyl (C=O) groups is 1. The smallest absolute Gasteiger partial charge is 0.406 e. The Balaban J connectivity index is 1.23. The number of hydrogen-bond donors (Lipinski definition) is 0. The van der Waals surface area contributed by atoms with E-state index in [0.29, 0.717) is 34.7 Å². The fourth-order valence-electron chi connectivity index (χ4n) is 4.83. The fraction of sp³-hybridized carbons (Fsp3) is 0.258. The number of alkyl halides is 4. The summed E-state index contributed by atoms with van der Waals surface area (Å²) in [7, 11) is 0. The van der Waals surface area contributed by atoms with Crippen molar-refractivity contribution in [2.24, 2.45) is 9.98 Å². The molecule has 13 heteroatoms. The Morgan fingerprint density at radius 1 is 1.07 bits per heavy atom. The van der Waals surface area contributed by atoms with Gasteiger partial charge in [0.2, 0.25) is 0 Å². The van der Waals surface area contributed by atoms with E-state index in [1.54, 1.807) is 12.1 Å². The summed E-state index contributed by atoms with van der Waals surface area (Å²) in [5.41, 5.74) is 4.71. The summed E-state index contributed by atoms with van der Waals surface area (Å²) in [5, 5.41) is 4.88. The van der Waals surface area contributed by atoms with Crippen molar-refractivity contribution in [2.45, 2.75) is 39.2 Å². The van der Waals surface area contributed by atoms with E-state index < -0.39 is 18.6 Å². The van der Waals surface area contributed by atoms with Gasteiger partial charge in [0.25, 0.3) is 0 Å². The Morgan fingerprint density at radius 3 is 2.48 bits per heavy atom. The normalized spacial score (nSPS) is 15.5.